The van der Waals surface area contributed by atoms with Crippen LogP contribution in [-0.2, 0) is 0 Å². The quantitative estimate of drug-likeness (QED) is 0.825. The summed E-state index contributed by atoms with van der Waals surface area (Å²) < 4.78 is 1.66. The molecule has 1 heterocycles. The number of halogens is 1. The Labute approximate surface area is 118 Å². The Kier molecular flexibility index (Phi) is 3.64. The monoisotopic (exact) mass is 273 g/mol. The fourth-order valence-electron chi connectivity index (χ4n) is 2.12. The zero-order valence-electron chi connectivity index (χ0n) is 11.5. The zero-order valence-corrected chi connectivity index (χ0v) is 12.3. The summed E-state index contributed by atoms with van der Waals surface area (Å²) in [6.45, 7) is 8.07. The average Bonchev–Trinajstić information content (AvgIpc) is 2.66. The van der Waals surface area contributed by atoms with Gasteiger partial charge in [-0.05, 0) is 31.4 Å². The van der Waals surface area contributed by atoms with Crippen molar-refractivity contribution in [1.82, 2.24) is 9.78 Å². The van der Waals surface area contributed by atoms with E-state index in [1.807, 2.05) is 39.8 Å². The molecule has 4 heteroatoms. The largest absolute Gasteiger partial charge is 0.220 e. The predicted molar refractivity (Wildman–Crippen MR) is 76.9 cm³/mol. The molecule has 3 nitrogen and oxygen atoms in total. The van der Waals surface area contributed by atoms with Crippen molar-refractivity contribution in [3.05, 3.63) is 45.7 Å². The van der Waals surface area contributed by atoms with Crippen LogP contribution < -0.4 is 0 Å². The van der Waals surface area contributed by atoms with Crippen LogP contribution in [0.15, 0.2) is 18.2 Å². The van der Waals surface area contributed by atoms with Gasteiger partial charge in [0.15, 0.2) is 5.15 Å². The van der Waals surface area contributed by atoms with Crippen LogP contribution in [0.4, 0.5) is 0 Å². The normalized spacial score (nSPS) is 10.8. The highest BCUT2D eigenvalue weighted by atomic mass is 35.5. The molecule has 0 radical (unpaired) electrons. The molecule has 2 rings (SSSR count). The molecule has 98 valence electrons. The van der Waals surface area contributed by atoms with E-state index in [-0.39, 0.29) is 5.92 Å². The molecule has 0 spiro atoms. The molecule has 0 amide bonds. The lowest BCUT2D eigenvalue weighted by atomic mass is 10.1. The van der Waals surface area contributed by atoms with Gasteiger partial charge < -0.3 is 0 Å². The first-order valence-electron chi connectivity index (χ1n) is 6.21. The van der Waals surface area contributed by atoms with E-state index in [2.05, 4.69) is 17.2 Å². The maximum Gasteiger partial charge on any atom is 0.150 e. The van der Waals surface area contributed by atoms with E-state index in [1.165, 1.54) is 5.56 Å². The standard InChI is InChI=1S/C15H16ClN3/c1-9(2)14-12(8-17)15(16)19(18-14)13-6-5-10(3)7-11(13)4/h5-7,9H,1-4H3. The maximum absolute atomic E-state index is 9.23. The molecular weight excluding hydrogens is 258 g/mol. The third-order valence-corrected chi connectivity index (χ3v) is 3.44. The molecule has 1 aromatic carbocycles. The third-order valence-electron chi connectivity index (χ3n) is 3.10. The Bertz CT molecular complexity index is 663. The Morgan fingerprint density at radius 2 is 2.00 bits per heavy atom. The van der Waals surface area contributed by atoms with Crippen LogP contribution in [0.1, 0.15) is 42.1 Å². The van der Waals surface area contributed by atoms with Crippen LogP contribution in [0.5, 0.6) is 0 Å². The SMILES string of the molecule is Cc1ccc(-n2nc(C(C)C)c(C#N)c2Cl)c(C)c1. The van der Waals surface area contributed by atoms with Crippen LogP contribution >= 0.6 is 11.6 Å². The van der Waals surface area contributed by atoms with Gasteiger partial charge in [0.05, 0.1) is 11.4 Å². The number of rotatable bonds is 2. The van der Waals surface area contributed by atoms with E-state index < -0.39 is 0 Å². The maximum atomic E-state index is 9.23. The summed E-state index contributed by atoms with van der Waals surface area (Å²) >= 11 is 6.30. The van der Waals surface area contributed by atoms with Gasteiger partial charge in [0.2, 0.25) is 0 Å². The number of aromatic nitrogens is 2. The molecule has 0 fully saturated rings. The zero-order chi connectivity index (χ0) is 14.2. The van der Waals surface area contributed by atoms with E-state index in [9.17, 15) is 5.26 Å². The van der Waals surface area contributed by atoms with Gasteiger partial charge in [0.25, 0.3) is 0 Å². The Hall–Kier alpha value is -1.79. The van der Waals surface area contributed by atoms with Crippen LogP contribution in [0.25, 0.3) is 5.69 Å². The molecule has 0 N–H and O–H groups in total. The van der Waals surface area contributed by atoms with Gasteiger partial charge in [-0.25, -0.2) is 4.68 Å². The summed E-state index contributed by atoms with van der Waals surface area (Å²) in [5.41, 5.74) is 4.40. The van der Waals surface area contributed by atoms with Gasteiger partial charge in [-0.2, -0.15) is 10.4 Å². The highest BCUT2D eigenvalue weighted by Crippen LogP contribution is 2.28. The second-order valence-electron chi connectivity index (χ2n) is 5.02. The van der Waals surface area contributed by atoms with E-state index in [1.54, 1.807) is 4.68 Å². The lowest BCUT2D eigenvalue weighted by molar-refractivity contribution is 0.765. The van der Waals surface area contributed by atoms with Crippen molar-refractivity contribution in [2.45, 2.75) is 33.6 Å². The number of nitriles is 1. The van der Waals surface area contributed by atoms with Crippen LogP contribution in [0.2, 0.25) is 5.15 Å². The first kappa shape index (κ1) is 13.6. The molecule has 0 aliphatic rings. The summed E-state index contributed by atoms with van der Waals surface area (Å²) in [7, 11) is 0. The lowest BCUT2D eigenvalue weighted by Gasteiger charge is -2.08. The van der Waals surface area contributed by atoms with Crippen molar-refractivity contribution in [3.63, 3.8) is 0 Å². The molecule has 0 atom stereocenters. The Morgan fingerprint density at radius 3 is 2.47 bits per heavy atom. The van der Waals surface area contributed by atoms with Gasteiger partial charge in [0, 0.05) is 0 Å². The number of hydrogen-bond donors (Lipinski definition) is 0. The minimum Gasteiger partial charge on any atom is -0.220 e. The first-order valence-corrected chi connectivity index (χ1v) is 6.59. The summed E-state index contributed by atoms with van der Waals surface area (Å²) in [5.74, 6) is 0.166. The molecule has 0 unspecified atom stereocenters. The van der Waals surface area contributed by atoms with Crippen LogP contribution in [0.3, 0.4) is 0 Å². The number of hydrogen-bond acceptors (Lipinski definition) is 2. The van der Waals surface area contributed by atoms with Crippen molar-refractivity contribution >= 4 is 11.6 Å². The van der Waals surface area contributed by atoms with Gasteiger partial charge in [-0.3, -0.25) is 0 Å². The minimum atomic E-state index is 0.166. The van der Waals surface area contributed by atoms with Gasteiger partial charge in [0.1, 0.15) is 11.6 Å². The number of benzene rings is 1. The Balaban J connectivity index is 2.67. The molecule has 0 saturated heterocycles. The van der Waals surface area contributed by atoms with E-state index >= 15 is 0 Å². The summed E-state index contributed by atoms with van der Waals surface area (Å²) in [6.07, 6.45) is 0. The van der Waals surface area contributed by atoms with Crippen molar-refractivity contribution in [2.24, 2.45) is 0 Å². The third kappa shape index (κ3) is 2.36. The van der Waals surface area contributed by atoms with E-state index in [0.29, 0.717) is 10.7 Å². The summed E-state index contributed by atoms with van der Waals surface area (Å²) in [5, 5.41) is 14.1. The van der Waals surface area contributed by atoms with Crippen molar-refractivity contribution < 1.29 is 0 Å². The number of aryl methyl sites for hydroxylation is 2. The molecule has 1 aromatic heterocycles. The molecule has 0 aliphatic heterocycles. The van der Waals surface area contributed by atoms with Crippen LogP contribution in [0, 0.1) is 25.2 Å². The lowest BCUT2D eigenvalue weighted by Crippen LogP contribution is -2.01. The topological polar surface area (TPSA) is 41.6 Å². The second-order valence-corrected chi connectivity index (χ2v) is 5.38. The van der Waals surface area contributed by atoms with E-state index in [0.717, 1.165) is 16.9 Å². The molecule has 0 bridgehead atoms. The number of nitrogens with zero attached hydrogens (tertiary/aromatic N) is 3. The van der Waals surface area contributed by atoms with E-state index in [4.69, 9.17) is 11.6 Å². The van der Waals surface area contributed by atoms with Gasteiger partial charge >= 0.3 is 0 Å². The molecule has 2 aromatic rings. The smallest absolute Gasteiger partial charge is 0.150 e. The molecule has 0 saturated carbocycles. The van der Waals surface area contributed by atoms with Crippen molar-refractivity contribution in [2.75, 3.05) is 0 Å². The van der Waals surface area contributed by atoms with Gasteiger partial charge in [-0.1, -0.05) is 43.1 Å². The second kappa shape index (κ2) is 5.07. The Morgan fingerprint density at radius 1 is 1.32 bits per heavy atom. The highest BCUT2D eigenvalue weighted by molar-refractivity contribution is 6.31. The summed E-state index contributed by atoms with van der Waals surface area (Å²) in [4.78, 5) is 0. The fourth-order valence-corrected chi connectivity index (χ4v) is 2.39. The predicted octanol–water partition coefficient (Wildman–Crippen LogP) is 4.14. The molecule has 0 aliphatic carbocycles. The highest BCUT2D eigenvalue weighted by Gasteiger charge is 2.20. The van der Waals surface area contributed by atoms with Gasteiger partial charge in [-0.15, -0.1) is 0 Å². The summed E-state index contributed by atoms with van der Waals surface area (Å²) in [6, 6.07) is 8.23. The first-order chi connectivity index (χ1) is 8.95. The van der Waals surface area contributed by atoms with Crippen molar-refractivity contribution in [3.8, 4) is 11.8 Å². The van der Waals surface area contributed by atoms with Crippen molar-refractivity contribution in [1.29, 1.82) is 5.26 Å². The fraction of sp³-hybridized carbons (Fsp3) is 0.333. The molecule has 19 heavy (non-hydrogen) atoms. The average molecular weight is 274 g/mol. The molecular formula is C15H16ClN3. The minimum absolute atomic E-state index is 0.166. The van der Waals surface area contributed by atoms with Crippen LogP contribution in [-0.4, -0.2) is 9.78 Å².